The first-order chi connectivity index (χ1) is 14.5. The summed E-state index contributed by atoms with van der Waals surface area (Å²) in [6.45, 7) is 2.24. The van der Waals surface area contributed by atoms with Crippen LogP contribution in [0.3, 0.4) is 0 Å². The van der Waals surface area contributed by atoms with Gasteiger partial charge < -0.3 is 5.11 Å². The van der Waals surface area contributed by atoms with Crippen molar-refractivity contribution in [3.63, 3.8) is 0 Å². The lowest BCUT2D eigenvalue weighted by atomic mass is 9.89. The second kappa shape index (κ2) is 11.0. The molecular formula is C25H27BrO3S. The highest BCUT2D eigenvalue weighted by Crippen LogP contribution is 2.34. The smallest absolute Gasteiger partial charge is 0.188 e. The quantitative estimate of drug-likeness (QED) is 0.512. The van der Waals surface area contributed by atoms with E-state index in [1.165, 1.54) is 29.4 Å². The molecule has 30 heavy (non-hydrogen) atoms. The average Bonchev–Trinajstić information content (AvgIpc) is 2.91. The highest BCUT2D eigenvalue weighted by Gasteiger charge is 2.21. The van der Waals surface area contributed by atoms with E-state index in [-0.39, 0.29) is 6.61 Å². The van der Waals surface area contributed by atoms with E-state index in [0.29, 0.717) is 10.8 Å². The van der Waals surface area contributed by atoms with E-state index in [9.17, 15) is 9.32 Å². The lowest BCUT2D eigenvalue weighted by Crippen LogP contribution is -2.05. The van der Waals surface area contributed by atoms with E-state index in [2.05, 4.69) is 62.6 Å². The Kier molecular flexibility index (Phi) is 8.40. The minimum Gasteiger partial charge on any atom is -0.396 e. The molecule has 2 atom stereocenters. The van der Waals surface area contributed by atoms with Gasteiger partial charge in [0.15, 0.2) is 11.1 Å². The molecular weight excluding hydrogens is 460 g/mol. The summed E-state index contributed by atoms with van der Waals surface area (Å²) in [5, 5.41) is 9.33. The molecule has 1 aliphatic carbocycles. The maximum absolute atomic E-state index is 11.0. The number of hydrogen-bond acceptors (Lipinski definition) is 3. The number of hydrogen-bond donors (Lipinski definition) is 1. The summed E-state index contributed by atoms with van der Waals surface area (Å²) in [5.41, 5.74) is 6.79. The van der Waals surface area contributed by atoms with Crippen molar-refractivity contribution in [2.24, 2.45) is 0 Å². The first-order valence-corrected chi connectivity index (χ1v) is 11.9. The Bertz CT molecular complexity index is 1000. The van der Waals surface area contributed by atoms with Crippen LogP contribution in [0.4, 0.5) is 0 Å². The van der Waals surface area contributed by atoms with Crippen LogP contribution in [-0.4, -0.2) is 23.0 Å². The third-order valence-electron chi connectivity index (χ3n) is 5.35. The fourth-order valence-electron chi connectivity index (χ4n) is 3.79. The second-order valence-corrected chi connectivity index (χ2v) is 9.61. The minimum atomic E-state index is -1.30. The second-order valence-electron chi connectivity index (χ2n) is 7.42. The van der Waals surface area contributed by atoms with E-state index in [4.69, 9.17) is 0 Å². The SMILES string of the molecule is COS(=O)c1ccc(C)cc1.OCC[C@H]1Cc2cc(Br)ccc2Cc2ccccc21. The van der Waals surface area contributed by atoms with Crippen LogP contribution in [-0.2, 0) is 28.1 Å². The molecule has 0 heterocycles. The zero-order valence-electron chi connectivity index (χ0n) is 17.3. The summed E-state index contributed by atoms with van der Waals surface area (Å²) >= 11 is 2.26. The molecule has 5 heteroatoms. The Hall–Kier alpha value is -1.79. The van der Waals surface area contributed by atoms with Crippen molar-refractivity contribution in [2.75, 3.05) is 13.7 Å². The van der Waals surface area contributed by atoms with E-state index in [1.807, 2.05) is 19.1 Å². The van der Waals surface area contributed by atoms with Gasteiger partial charge in [0.05, 0.1) is 12.0 Å². The van der Waals surface area contributed by atoms with Crippen molar-refractivity contribution in [3.8, 4) is 0 Å². The Morgan fingerprint density at radius 1 is 1.03 bits per heavy atom. The van der Waals surface area contributed by atoms with Crippen molar-refractivity contribution in [1.82, 2.24) is 0 Å². The predicted molar refractivity (Wildman–Crippen MR) is 126 cm³/mol. The molecule has 0 spiro atoms. The molecule has 0 fully saturated rings. The summed E-state index contributed by atoms with van der Waals surface area (Å²) in [6, 6.07) is 22.6. The van der Waals surface area contributed by atoms with Gasteiger partial charge in [0, 0.05) is 11.1 Å². The van der Waals surface area contributed by atoms with Gasteiger partial charge in [-0.1, -0.05) is 64.0 Å². The number of fused-ring (bicyclic) bond motifs is 2. The third kappa shape index (κ3) is 5.88. The summed E-state index contributed by atoms with van der Waals surface area (Å²) in [5.74, 6) is 0.428. The largest absolute Gasteiger partial charge is 0.396 e. The molecule has 0 bridgehead atoms. The number of aliphatic hydroxyl groups excluding tert-OH is 1. The van der Waals surface area contributed by atoms with Gasteiger partial charge in [0.1, 0.15) is 0 Å². The Balaban J connectivity index is 0.000000199. The molecule has 0 saturated heterocycles. The van der Waals surface area contributed by atoms with Crippen molar-refractivity contribution in [2.45, 2.75) is 37.0 Å². The standard InChI is InChI=1S/C17H17BrO.C8H10O2S/c18-16-6-5-12-9-13-3-1-2-4-17(13)14(7-8-19)10-15(12)11-16;1-7-3-5-8(6-4-7)11(9)10-2/h1-6,11,14,19H,7-10H2;3-6H,1-2H3/t14-;/m0./s1. The molecule has 0 aliphatic heterocycles. The zero-order chi connectivity index (χ0) is 21.5. The zero-order valence-corrected chi connectivity index (χ0v) is 19.7. The van der Waals surface area contributed by atoms with Gasteiger partial charge in [-0.05, 0) is 78.6 Å². The third-order valence-corrected chi connectivity index (χ3v) is 6.81. The molecule has 4 rings (SSSR count). The first-order valence-electron chi connectivity index (χ1n) is 10.0. The fourth-order valence-corrected chi connectivity index (χ4v) is 4.75. The van der Waals surface area contributed by atoms with E-state index in [0.717, 1.165) is 29.3 Å². The molecule has 1 N–H and O–H groups in total. The van der Waals surface area contributed by atoms with E-state index in [1.54, 1.807) is 12.1 Å². The molecule has 0 amide bonds. The van der Waals surface area contributed by atoms with Crippen LogP contribution in [0.15, 0.2) is 76.1 Å². The van der Waals surface area contributed by atoms with Crippen LogP contribution >= 0.6 is 15.9 Å². The number of halogens is 1. The average molecular weight is 487 g/mol. The topological polar surface area (TPSA) is 46.5 Å². The van der Waals surface area contributed by atoms with Crippen LogP contribution in [0, 0.1) is 6.92 Å². The van der Waals surface area contributed by atoms with Gasteiger partial charge in [-0.25, -0.2) is 4.21 Å². The molecule has 3 aromatic carbocycles. The van der Waals surface area contributed by atoms with Crippen LogP contribution in [0.25, 0.3) is 0 Å². The monoisotopic (exact) mass is 486 g/mol. The summed E-state index contributed by atoms with van der Waals surface area (Å²) in [6.07, 6.45) is 2.86. The van der Waals surface area contributed by atoms with Crippen LogP contribution < -0.4 is 0 Å². The summed E-state index contributed by atoms with van der Waals surface area (Å²) in [7, 11) is 1.43. The number of benzene rings is 3. The molecule has 1 unspecified atom stereocenters. The maximum Gasteiger partial charge on any atom is 0.188 e. The normalized spacial score (nSPS) is 15.8. The van der Waals surface area contributed by atoms with Crippen molar-refractivity contribution >= 4 is 27.0 Å². The molecule has 0 saturated carbocycles. The van der Waals surface area contributed by atoms with E-state index >= 15 is 0 Å². The van der Waals surface area contributed by atoms with Crippen LogP contribution in [0.1, 0.15) is 40.2 Å². The lowest BCUT2D eigenvalue weighted by molar-refractivity contribution is 0.275. The highest BCUT2D eigenvalue weighted by atomic mass is 79.9. The molecule has 158 valence electrons. The maximum atomic E-state index is 11.0. The molecule has 3 nitrogen and oxygen atoms in total. The van der Waals surface area contributed by atoms with E-state index < -0.39 is 11.1 Å². The summed E-state index contributed by atoms with van der Waals surface area (Å²) < 4.78 is 16.8. The number of aryl methyl sites for hydroxylation is 1. The van der Waals surface area contributed by atoms with Crippen molar-refractivity contribution in [1.29, 1.82) is 0 Å². The molecule has 0 aromatic heterocycles. The number of rotatable bonds is 4. The van der Waals surface area contributed by atoms with Gasteiger partial charge in [0.2, 0.25) is 0 Å². The predicted octanol–water partition coefficient (Wildman–Crippen LogP) is 5.73. The Morgan fingerprint density at radius 2 is 1.77 bits per heavy atom. The molecule has 3 aromatic rings. The van der Waals surface area contributed by atoms with Gasteiger partial charge >= 0.3 is 0 Å². The van der Waals surface area contributed by atoms with Gasteiger partial charge in [-0.2, -0.15) is 0 Å². The lowest BCUT2D eigenvalue weighted by Gasteiger charge is -2.16. The molecule has 0 radical (unpaired) electrons. The van der Waals surface area contributed by atoms with Crippen LogP contribution in [0.5, 0.6) is 0 Å². The van der Waals surface area contributed by atoms with Crippen molar-refractivity contribution < 1.29 is 13.5 Å². The number of aliphatic hydroxyl groups is 1. The van der Waals surface area contributed by atoms with Gasteiger partial charge in [-0.15, -0.1) is 0 Å². The first kappa shape index (κ1) is 22.9. The highest BCUT2D eigenvalue weighted by molar-refractivity contribution is 9.10. The Morgan fingerprint density at radius 3 is 2.47 bits per heavy atom. The minimum absolute atomic E-state index is 0.252. The van der Waals surface area contributed by atoms with Crippen molar-refractivity contribution in [3.05, 3.63) is 99.0 Å². The van der Waals surface area contributed by atoms with Crippen LogP contribution in [0.2, 0.25) is 0 Å². The fraction of sp³-hybridized carbons (Fsp3) is 0.280. The van der Waals surface area contributed by atoms with Gasteiger partial charge in [0.25, 0.3) is 0 Å². The Labute approximate surface area is 189 Å². The molecule has 1 aliphatic rings. The van der Waals surface area contributed by atoms with Gasteiger partial charge in [-0.3, -0.25) is 4.18 Å². The summed E-state index contributed by atoms with van der Waals surface area (Å²) in [4.78, 5) is 0.707.